The molecule has 0 radical (unpaired) electrons. The second kappa shape index (κ2) is 5.00. The van der Waals surface area contributed by atoms with Gasteiger partial charge in [-0.2, -0.15) is 0 Å². The van der Waals surface area contributed by atoms with Crippen LogP contribution in [0.15, 0.2) is 23.1 Å². The van der Waals surface area contributed by atoms with Gasteiger partial charge in [0, 0.05) is 11.8 Å². The van der Waals surface area contributed by atoms with Crippen LogP contribution >= 0.6 is 0 Å². The molecule has 0 saturated carbocycles. The summed E-state index contributed by atoms with van der Waals surface area (Å²) in [5.74, 6) is -0.438. The molecule has 2 rings (SSSR count). The lowest BCUT2D eigenvalue weighted by atomic mass is 10.1. The lowest BCUT2D eigenvalue weighted by Gasteiger charge is -2.04. The Bertz CT molecular complexity index is 646. The third kappa shape index (κ3) is 2.25. The first kappa shape index (κ1) is 12.3. The number of H-pyrrole nitrogens is 1. The van der Waals surface area contributed by atoms with Crippen molar-refractivity contribution >= 4 is 17.0 Å². The lowest BCUT2D eigenvalue weighted by Crippen LogP contribution is -2.12. The molecule has 0 bridgehead atoms. The molecule has 2 aromatic heterocycles. The highest BCUT2D eigenvalue weighted by molar-refractivity contribution is 5.92. The van der Waals surface area contributed by atoms with E-state index in [0.29, 0.717) is 35.2 Å². The van der Waals surface area contributed by atoms with Crippen molar-refractivity contribution in [2.75, 3.05) is 6.61 Å². The highest BCUT2D eigenvalue weighted by Crippen LogP contribution is 2.11. The fourth-order valence-electron chi connectivity index (χ4n) is 1.71. The second-order valence-corrected chi connectivity index (χ2v) is 3.85. The Morgan fingerprint density at radius 2 is 2.17 bits per heavy atom. The number of nitrogens with one attached hydrogen (secondary N) is 1. The van der Waals surface area contributed by atoms with E-state index in [1.165, 1.54) is 6.20 Å². The molecule has 0 saturated heterocycles. The monoisotopic (exact) mass is 246 g/mol. The van der Waals surface area contributed by atoms with Gasteiger partial charge in [0.25, 0.3) is 5.56 Å². The Morgan fingerprint density at radius 3 is 2.83 bits per heavy atom. The Morgan fingerprint density at radius 1 is 1.39 bits per heavy atom. The molecule has 0 atom stereocenters. The van der Waals surface area contributed by atoms with Crippen molar-refractivity contribution in [3.8, 4) is 0 Å². The number of aryl methyl sites for hydroxylation is 1. The third-order valence-electron chi connectivity index (χ3n) is 2.66. The molecule has 0 aliphatic carbocycles. The number of aromatic nitrogens is 2. The van der Waals surface area contributed by atoms with Crippen LogP contribution in [-0.2, 0) is 11.2 Å². The predicted molar refractivity (Wildman–Crippen MR) is 67.7 cm³/mol. The number of pyridine rings is 2. The summed E-state index contributed by atoms with van der Waals surface area (Å²) < 4.78 is 4.88. The van der Waals surface area contributed by atoms with E-state index in [9.17, 15) is 9.59 Å². The van der Waals surface area contributed by atoms with Crippen LogP contribution in [0.1, 0.15) is 29.8 Å². The summed E-state index contributed by atoms with van der Waals surface area (Å²) in [6.45, 7) is 3.95. The Balaban J connectivity index is 2.52. The molecular weight excluding hydrogens is 232 g/mol. The summed E-state index contributed by atoms with van der Waals surface area (Å²) >= 11 is 0. The molecule has 2 aromatic rings. The van der Waals surface area contributed by atoms with Crippen LogP contribution in [0.2, 0.25) is 0 Å². The van der Waals surface area contributed by atoms with E-state index in [4.69, 9.17) is 4.74 Å². The van der Waals surface area contributed by atoms with Gasteiger partial charge in [0.1, 0.15) is 0 Å². The first-order chi connectivity index (χ1) is 8.65. The topological polar surface area (TPSA) is 72.0 Å². The summed E-state index contributed by atoms with van der Waals surface area (Å²) in [5, 5.41) is 0. The van der Waals surface area contributed by atoms with Crippen LogP contribution in [0.3, 0.4) is 0 Å². The fraction of sp³-hybridized carbons (Fsp3) is 0.308. The minimum atomic E-state index is -0.438. The maximum absolute atomic E-state index is 11.7. The van der Waals surface area contributed by atoms with Crippen molar-refractivity contribution in [2.24, 2.45) is 0 Å². The average Bonchev–Trinajstić information content (AvgIpc) is 2.37. The van der Waals surface area contributed by atoms with E-state index < -0.39 is 5.97 Å². The number of carbonyl (C=O) groups is 1. The number of rotatable bonds is 3. The van der Waals surface area contributed by atoms with E-state index in [2.05, 4.69) is 9.97 Å². The van der Waals surface area contributed by atoms with Gasteiger partial charge in [-0.1, -0.05) is 6.92 Å². The van der Waals surface area contributed by atoms with Gasteiger partial charge in [-0.25, -0.2) is 4.79 Å². The lowest BCUT2D eigenvalue weighted by molar-refractivity contribution is 0.0526. The Labute approximate surface area is 104 Å². The first-order valence-corrected chi connectivity index (χ1v) is 5.84. The van der Waals surface area contributed by atoms with Gasteiger partial charge in [0.15, 0.2) is 0 Å². The number of nitrogens with zero attached hydrogens (tertiary/aromatic N) is 1. The molecule has 2 heterocycles. The molecule has 18 heavy (non-hydrogen) atoms. The molecule has 0 amide bonds. The molecule has 5 heteroatoms. The summed E-state index contributed by atoms with van der Waals surface area (Å²) in [6, 6.07) is 3.32. The van der Waals surface area contributed by atoms with Crippen LogP contribution < -0.4 is 5.56 Å². The zero-order valence-electron chi connectivity index (χ0n) is 10.3. The minimum Gasteiger partial charge on any atom is -0.462 e. The number of carbonyl (C=O) groups excluding carboxylic acids is 1. The smallest absolute Gasteiger partial charge is 0.339 e. The van der Waals surface area contributed by atoms with Crippen molar-refractivity contribution < 1.29 is 9.53 Å². The van der Waals surface area contributed by atoms with Gasteiger partial charge in [-0.15, -0.1) is 0 Å². The van der Waals surface area contributed by atoms with Crippen molar-refractivity contribution in [1.29, 1.82) is 0 Å². The standard InChI is InChI=1S/C13H14N2O3/c1-3-8-5-10-11(15-12(8)16)6-9(7-14-10)13(17)18-4-2/h5-7H,3-4H2,1-2H3,(H,15,16). The number of esters is 1. The molecule has 5 nitrogen and oxygen atoms in total. The van der Waals surface area contributed by atoms with E-state index in [1.54, 1.807) is 19.1 Å². The van der Waals surface area contributed by atoms with Gasteiger partial charge < -0.3 is 9.72 Å². The van der Waals surface area contributed by atoms with Crippen molar-refractivity contribution in [1.82, 2.24) is 9.97 Å². The summed E-state index contributed by atoms with van der Waals surface area (Å²) in [6.07, 6.45) is 2.10. The van der Waals surface area contributed by atoms with E-state index in [-0.39, 0.29) is 5.56 Å². The van der Waals surface area contributed by atoms with Gasteiger partial charge in [0.05, 0.1) is 23.2 Å². The van der Waals surface area contributed by atoms with Crippen LogP contribution in [0.25, 0.3) is 11.0 Å². The number of ether oxygens (including phenoxy) is 1. The molecule has 0 aliphatic heterocycles. The third-order valence-corrected chi connectivity index (χ3v) is 2.66. The first-order valence-electron chi connectivity index (χ1n) is 5.84. The second-order valence-electron chi connectivity index (χ2n) is 3.85. The van der Waals surface area contributed by atoms with Crippen LogP contribution in [0.4, 0.5) is 0 Å². The zero-order valence-corrected chi connectivity index (χ0v) is 10.3. The molecule has 94 valence electrons. The highest BCUT2D eigenvalue weighted by atomic mass is 16.5. The molecular formula is C13H14N2O3. The van der Waals surface area contributed by atoms with Gasteiger partial charge in [-0.3, -0.25) is 9.78 Å². The number of hydrogen-bond donors (Lipinski definition) is 1. The van der Waals surface area contributed by atoms with Crippen molar-refractivity contribution in [3.05, 3.63) is 39.8 Å². The maximum atomic E-state index is 11.7. The van der Waals surface area contributed by atoms with Gasteiger partial charge in [-0.05, 0) is 25.5 Å². The van der Waals surface area contributed by atoms with Crippen LogP contribution in [0, 0.1) is 0 Å². The minimum absolute atomic E-state index is 0.146. The van der Waals surface area contributed by atoms with Gasteiger partial charge in [0.2, 0.25) is 0 Å². The predicted octanol–water partition coefficient (Wildman–Crippen LogP) is 1.66. The molecule has 0 aliphatic rings. The average molecular weight is 246 g/mol. The van der Waals surface area contributed by atoms with E-state index in [1.807, 2.05) is 6.92 Å². The highest BCUT2D eigenvalue weighted by Gasteiger charge is 2.09. The largest absolute Gasteiger partial charge is 0.462 e. The SMILES string of the molecule is CCOC(=O)c1cnc2cc(CC)c(=O)[nH]c2c1. The van der Waals surface area contributed by atoms with Crippen molar-refractivity contribution in [3.63, 3.8) is 0 Å². The number of aromatic amines is 1. The van der Waals surface area contributed by atoms with E-state index in [0.717, 1.165) is 0 Å². The quantitative estimate of drug-likeness (QED) is 0.836. The van der Waals surface area contributed by atoms with Crippen LogP contribution in [-0.4, -0.2) is 22.5 Å². The molecule has 0 fully saturated rings. The normalized spacial score (nSPS) is 10.6. The molecule has 0 spiro atoms. The summed E-state index contributed by atoms with van der Waals surface area (Å²) in [5.41, 5.74) is 2.08. The van der Waals surface area contributed by atoms with Crippen molar-refractivity contribution in [2.45, 2.75) is 20.3 Å². The number of fused-ring (bicyclic) bond motifs is 1. The van der Waals surface area contributed by atoms with Gasteiger partial charge >= 0.3 is 5.97 Å². The summed E-state index contributed by atoms with van der Waals surface area (Å²) in [7, 11) is 0. The summed E-state index contributed by atoms with van der Waals surface area (Å²) in [4.78, 5) is 30.1. The van der Waals surface area contributed by atoms with E-state index >= 15 is 0 Å². The Kier molecular flexibility index (Phi) is 3.41. The maximum Gasteiger partial charge on any atom is 0.339 e. The fourth-order valence-corrected chi connectivity index (χ4v) is 1.71. The molecule has 0 aromatic carbocycles. The van der Waals surface area contributed by atoms with Crippen LogP contribution in [0.5, 0.6) is 0 Å². The zero-order chi connectivity index (χ0) is 13.1. The number of hydrogen-bond acceptors (Lipinski definition) is 4. The molecule has 1 N–H and O–H groups in total. The molecule has 0 unspecified atom stereocenters. The Hall–Kier alpha value is -2.17.